The number of nitrogens with zero attached hydrogens (tertiary/aromatic N) is 2. The first-order valence-electron chi connectivity index (χ1n) is 6.08. The molecule has 1 aromatic carbocycles. The van der Waals surface area contributed by atoms with Gasteiger partial charge < -0.3 is 4.98 Å². The summed E-state index contributed by atoms with van der Waals surface area (Å²) in [6, 6.07) is 9.74. The van der Waals surface area contributed by atoms with Gasteiger partial charge in [0.15, 0.2) is 0 Å². The number of benzene rings is 1. The molecule has 19 heavy (non-hydrogen) atoms. The molecular weight excluding hydrogens is 238 g/mol. The number of aryl methyl sites for hydroxylation is 1. The summed E-state index contributed by atoms with van der Waals surface area (Å²) >= 11 is 0. The van der Waals surface area contributed by atoms with Gasteiger partial charge in [0.05, 0.1) is 11.2 Å². The van der Waals surface area contributed by atoms with Crippen LogP contribution in [0.2, 0.25) is 0 Å². The van der Waals surface area contributed by atoms with Crippen LogP contribution < -0.4 is 5.56 Å². The van der Waals surface area contributed by atoms with Crippen LogP contribution in [-0.4, -0.2) is 15.0 Å². The molecule has 94 valence electrons. The van der Waals surface area contributed by atoms with Crippen molar-refractivity contribution in [1.29, 1.82) is 0 Å². The molecule has 0 amide bonds. The third-order valence-electron chi connectivity index (χ3n) is 3.17. The van der Waals surface area contributed by atoms with Gasteiger partial charge in [0.2, 0.25) is 0 Å². The summed E-state index contributed by atoms with van der Waals surface area (Å²) in [5.41, 5.74) is 3.10. The third kappa shape index (κ3) is 1.91. The Kier molecular flexibility index (Phi) is 2.63. The topological polar surface area (TPSA) is 58.6 Å². The Balaban J connectivity index is 2.40. The van der Waals surface area contributed by atoms with Gasteiger partial charge in [0.25, 0.3) is 5.56 Å². The fraction of sp³-hybridized carbons (Fsp3) is 0.133. The van der Waals surface area contributed by atoms with Gasteiger partial charge in [0.1, 0.15) is 5.82 Å². The van der Waals surface area contributed by atoms with Gasteiger partial charge in [0, 0.05) is 22.7 Å². The average Bonchev–Trinajstić information content (AvgIpc) is 2.42. The van der Waals surface area contributed by atoms with Crippen molar-refractivity contribution in [2.24, 2.45) is 0 Å². The third-order valence-corrected chi connectivity index (χ3v) is 3.17. The molecule has 4 nitrogen and oxygen atoms in total. The predicted octanol–water partition coefficient (Wildman–Crippen LogP) is 2.60. The first kappa shape index (κ1) is 11.6. The van der Waals surface area contributed by atoms with E-state index in [1.165, 1.54) is 0 Å². The van der Waals surface area contributed by atoms with E-state index in [0.29, 0.717) is 11.4 Å². The monoisotopic (exact) mass is 251 g/mol. The van der Waals surface area contributed by atoms with Crippen LogP contribution in [0.3, 0.4) is 0 Å². The van der Waals surface area contributed by atoms with Crippen molar-refractivity contribution in [1.82, 2.24) is 15.0 Å². The number of pyridine rings is 1. The summed E-state index contributed by atoms with van der Waals surface area (Å²) in [6.45, 7) is 3.57. The number of aromatic amines is 1. The van der Waals surface area contributed by atoms with E-state index in [4.69, 9.17) is 0 Å². The Morgan fingerprint density at radius 2 is 1.95 bits per heavy atom. The van der Waals surface area contributed by atoms with Gasteiger partial charge in [-0.15, -0.1) is 0 Å². The van der Waals surface area contributed by atoms with E-state index in [2.05, 4.69) is 15.0 Å². The lowest BCUT2D eigenvalue weighted by molar-refractivity contribution is 1.00. The van der Waals surface area contributed by atoms with Crippen LogP contribution in [0.4, 0.5) is 0 Å². The maximum atomic E-state index is 11.9. The molecule has 0 bridgehead atoms. The molecular formula is C15H13N3O. The fourth-order valence-corrected chi connectivity index (χ4v) is 2.22. The standard InChI is InChI=1S/C15H13N3O/c1-9-14(17-10(2)18-15(9)19)12-5-3-7-13-11(12)6-4-8-16-13/h3-8H,1-2H3,(H,17,18,19). The van der Waals surface area contributed by atoms with Crippen molar-refractivity contribution >= 4 is 10.9 Å². The van der Waals surface area contributed by atoms with Crippen molar-refractivity contribution in [3.63, 3.8) is 0 Å². The second-order valence-corrected chi connectivity index (χ2v) is 4.50. The Bertz CT molecular complexity index is 816. The zero-order chi connectivity index (χ0) is 13.4. The number of aromatic nitrogens is 3. The highest BCUT2D eigenvalue weighted by atomic mass is 16.1. The van der Waals surface area contributed by atoms with Crippen LogP contribution in [0.1, 0.15) is 11.4 Å². The SMILES string of the molecule is Cc1nc(-c2cccc3ncccc23)c(C)c(=O)[nH]1. The highest BCUT2D eigenvalue weighted by molar-refractivity contribution is 5.94. The lowest BCUT2D eigenvalue weighted by atomic mass is 10.0. The molecule has 0 unspecified atom stereocenters. The summed E-state index contributed by atoms with van der Waals surface area (Å²) in [6.07, 6.45) is 1.76. The molecule has 0 saturated heterocycles. The van der Waals surface area contributed by atoms with E-state index in [-0.39, 0.29) is 5.56 Å². The number of hydrogen-bond acceptors (Lipinski definition) is 3. The molecule has 1 N–H and O–H groups in total. The van der Waals surface area contributed by atoms with Gasteiger partial charge in [-0.1, -0.05) is 18.2 Å². The quantitative estimate of drug-likeness (QED) is 0.723. The molecule has 4 heteroatoms. The molecule has 0 atom stereocenters. The molecule has 2 heterocycles. The van der Waals surface area contributed by atoms with Crippen molar-refractivity contribution in [2.45, 2.75) is 13.8 Å². The largest absolute Gasteiger partial charge is 0.311 e. The van der Waals surface area contributed by atoms with Crippen LogP contribution in [0.5, 0.6) is 0 Å². The van der Waals surface area contributed by atoms with E-state index in [1.807, 2.05) is 30.3 Å². The summed E-state index contributed by atoms with van der Waals surface area (Å²) in [4.78, 5) is 23.4. The lowest BCUT2D eigenvalue weighted by Crippen LogP contribution is -2.14. The maximum absolute atomic E-state index is 11.9. The van der Waals surface area contributed by atoms with Gasteiger partial charge >= 0.3 is 0 Å². The number of fused-ring (bicyclic) bond motifs is 1. The van der Waals surface area contributed by atoms with Crippen LogP contribution in [0.25, 0.3) is 22.2 Å². The predicted molar refractivity (Wildman–Crippen MR) is 75.1 cm³/mol. The Hall–Kier alpha value is -2.49. The summed E-state index contributed by atoms with van der Waals surface area (Å²) < 4.78 is 0. The minimum absolute atomic E-state index is 0.0941. The van der Waals surface area contributed by atoms with Crippen LogP contribution >= 0.6 is 0 Å². The number of rotatable bonds is 1. The van der Waals surface area contributed by atoms with Crippen molar-refractivity contribution in [3.05, 3.63) is 58.3 Å². The molecule has 2 aromatic heterocycles. The lowest BCUT2D eigenvalue weighted by Gasteiger charge is -2.08. The molecule has 3 rings (SSSR count). The average molecular weight is 251 g/mol. The smallest absolute Gasteiger partial charge is 0.254 e. The van der Waals surface area contributed by atoms with Gasteiger partial charge in [-0.2, -0.15) is 0 Å². The van der Waals surface area contributed by atoms with Crippen molar-refractivity contribution < 1.29 is 0 Å². The maximum Gasteiger partial charge on any atom is 0.254 e. The van der Waals surface area contributed by atoms with E-state index in [1.54, 1.807) is 20.0 Å². The van der Waals surface area contributed by atoms with E-state index in [9.17, 15) is 4.79 Å². The number of H-pyrrole nitrogens is 1. The highest BCUT2D eigenvalue weighted by Crippen LogP contribution is 2.27. The van der Waals surface area contributed by atoms with E-state index in [0.717, 1.165) is 22.2 Å². The molecule has 3 aromatic rings. The van der Waals surface area contributed by atoms with Crippen molar-refractivity contribution in [3.8, 4) is 11.3 Å². The zero-order valence-corrected chi connectivity index (χ0v) is 10.8. The summed E-state index contributed by atoms with van der Waals surface area (Å²) in [5.74, 6) is 0.617. The number of nitrogens with one attached hydrogen (secondary N) is 1. The molecule has 0 radical (unpaired) electrons. The van der Waals surface area contributed by atoms with Gasteiger partial charge in [-0.05, 0) is 26.0 Å². The van der Waals surface area contributed by atoms with Crippen molar-refractivity contribution in [2.75, 3.05) is 0 Å². The molecule has 0 aliphatic heterocycles. The van der Waals surface area contributed by atoms with Gasteiger partial charge in [-0.3, -0.25) is 9.78 Å². The van der Waals surface area contributed by atoms with Crippen LogP contribution in [0, 0.1) is 13.8 Å². The first-order valence-corrected chi connectivity index (χ1v) is 6.08. The van der Waals surface area contributed by atoms with Crippen LogP contribution in [0.15, 0.2) is 41.3 Å². The normalized spacial score (nSPS) is 10.8. The number of hydrogen-bond donors (Lipinski definition) is 1. The first-order chi connectivity index (χ1) is 9.16. The summed E-state index contributed by atoms with van der Waals surface area (Å²) in [5, 5.41) is 1.01. The highest BCUT2D eigenvalue weighted by Gasteiger charge is 2.11. The van der Waals surface area contributed by atoms with Gasteiger partial charge in [-0.25, -0.2) is 4.98 Å². The summed E-state index contributed by atoms with van der Waals surface area (Å²) in [7, 11) is 0. The van der Waals surface area contributed by atoms with Crippen LogP contribution in [-0.2, 0) is 0 Å². The molecule has 0 saturated carbocycles. The molecule has 0 aliphatic rings. The molecule has 0 aliphatic carbocycles. The van der Waals surface area contributed by atoms with E-state index >= 15 is 0 Å². The molecule has 0 spiro atoms. The Labute approximate surface area is 110 Å². The zero-order valence-electron chi connectivity index (χ0n) is 10.8. The second kappa shape index (κ2) is 4.31. The fourth-order valence-electron chi connectivity index (χ4n) is 2.22. The second-order valence-electron chi connectivity index (χ2n) is 4.50. The Morgan fingerprint density at radius 1 is 1.11 bits per heavy atom. The minimum Gasteiger partial charge on any atom is -0.311 e. The molecule has 0 fully saturated rings. The minimum atomic E-state index is -0.0941. The van der Waals surface area contributed by atoms with E-state index < -0.39 is 0 Å². The Morgan fingerprint density at radius 3 is 2.79 bits per heavy atom.